The summed E-state index contributed by atoms with van der Waals surface area (Å²) in [5, 5.41) is 0. The molecule has 4 heterocycles. The molecule has 1 unspecified atom stereocenters. The largest absolute Gasteiger partial charge is 0.465 e. The van der Waals surface area contributed by atoms with Gasteiger partial charge in [0.05, 0.1) is 0 Å². The third-order valence-electron chi connectivity index (χ3n) is 8.43. The third-order valence-corrected chi connectivity index (χ3v) is 8.43. The van der Waals surface area contributed by atoms with Crippen molar-refractivity contribution in [2.75, 3.05) is 0 Å². The number of hydrogen-bond acceptors (Lipinski definition) is 5. The van der Waals surface area contributed by atoms with Crippen molar-refractivity contribution in [2.24, 2.45) is 5.92 Å². The molecule has 0 amide bonds. The molecule has 5 aromatic rings. The van der Waals surface area contributed by atoms with E-state index in [0.717, 1.165) is 68.3 Å². The monoisotopic (exact) mass is 518 g/mol. The van der Waals surface area contributed by atoms with Crippen LogP contribution in [0.15, 0.2) is 90.5 Å². The van der Waals surface area contributed by atoms with Gasteiger partial charge in [-0.2, -0.15) is 0 Å². The van der Waals surface area contributed by atoms with Crippen LogP contribution in [0.5, 0.6) is 0 Å². The molecular weight excluding hydrogens is 488 g/mol. The summed E-state index contributed by atoms with van der Waals surface area (Å²) in [5.74, 6) is 6.27. The quantitative estimate of drug-likeness (QED) is 0.226. The van der Waals surface area contributed by atoms with Crippen molar-refractivity contribution in [2.45, 2.75) is 51.9 Å². The Hall–Kier alpha value is -4.25. The van der Waals surface area contributed by atoms with Gasteiger partial charge in [-0.05, 0) is 105 Å². The number of ketones is 1. The van der Waals surface area contributed by atoms with Crippen molar-refractivity contribution in [3.63, 3.8) is 0 Å². The van der Waals surface area contributed by atoms with E-state index in [0.29, 0.717) is 6.42 Å². The van der Waals surface area contributed by atoms with Gasteiger partial charge in [-0.3, -0.25) is 4.79 Å². The summed E-state index contributed by atoms with van der Waals surface area (Å²) in [5.41, 5.74) is 1.95. The number of hydrogen-bond donors (Lipinski definition) is 0. The van der Waals surface area contributed by atoms with Crippen LogP contribution in [0, 0.1) is 33.6 Å². The van der Waals surface area contributed by atoms with Gasteiger partial charge in [0.25, 0.3) is 0 Å². The minimum Gasteiger partial charge on any atom is -0.465 e. The number of Topliss-reactive ketones (excluding diaryl/α,β-unsaturated/α-hetero) is 1. The van der Waals surface area contributed by atoms with E-state index >= 15 is 0 Å². The van der Waals surface area contributed by atoms with E-state index < -0.39 is 10.8 Å². The zero-order chi connectivity index (χ0) is 27.1. The minimum absolute atomic E-state index is 0.0750. The Labute approximate surface area is 227 Å². The Bertz CT molecular complexity index is 1700. The van der Waals surface area contributed by atoms with Crippen LogP contribution in [0.2, 0.25) is 0 Å². The molecule has 5 nitrogen and oxygen atoms in total. The van der Waals surface area contributed by atoms with Crippen molar-refractivity contribution in [1.82, 2.24) is 0 Å². The Balaban J connectivity index is 1.65. The molecule has 0 saturated heterocycles. The van der Waals surface area contributed by atoms with E-state index in [2.05, 4.69) is 24.3 Å². The smallest absolute Gasteiger partial charge is 0.166 e. The van der Waals surface area contributed by atoms with Crippen LogP contribution >= 0.6 is 0 Å². The molecule has 7 rings (SSSR count). The maximum Gasteiger partial charge on any atom is 0.166 e. The van der Waals surface area contributed by atoms with E-state index in [4.69, 9.17) is 17.7 Å². The van der Waals surface area contributed by atoms with Crippen LogP contribution in [0.4, 0.5) is 0 Å². The molecule has 1 aromatic carbocycles. The molecule has 0 spiro atoms. The second kappa shape index (κ2) is 8.12. The van der Waals surface area contributed by atoms with Gasteiger partial charge in [-0.25, -0.2) is 0 Å². The van der Waals surface area contributed by atoms with Gasteiger partial charge in [0.2, 0.25) is 0 Å². The number of furan rings is 4. The van der Waals surface area contributed by atoms with E-state index in [1.807, 2.05) is 83.1 Å². The zero-order valence-electron chi connectivity index (χ0n) is 22.8. The number of carbonyl (C=O) groups excluding carboxylic acids is 1. The SMILES string of the molecule is Cc1ccc(C2(c3ccc(C)o3)C=CC(c3ccc(C)o3)(c3ccc(C)o3)c3cc4c(cc32)CC(C)C4=O)o1. The first-order valence-electron chi connectivity index (χ1n) is 13.4. The molecule has 4 aromatic heterocycles. The van der Waals surface area contributed by atoms with Gasteiger partial charge < -0.3 is 17.7 Å². The van der Waals surface area contributed by atoms with E-state index in [-0.39, 0.29) is 11.7 Å². The lowest BCUT2D eigenvalue weighted by Crippen LogP contribution is -2.39. The van der Waals surface area contributed by atoms with Gasteiger partial charge in [0.1, 0.15) is 56.9 Å². The molecule has 39 heavy (non-hydrogen) atoms. The fraction of sp³-hybridized carbons (Fsp3) is 0.265. The predicted octanol–water partition coefficient (Wildman–Crippen LogP) is 7.91. The molecule has 0 fully saturated rings. The molecule has 2 aliphatic rings. The van der Waals surface area contributed by atoms with Gasteiger partial charge in [0.15, 0.2) is 5.78 Å². The van der Waals surface area contributed by atoms with Crippen molar-refractivity contribution >= 4 is 5.78 Å². The topological polar surface area (TPSA) is 69.6 Å². The van der Waals surface area contributed by atoms with Crippen LogP contribution in [0.25, 0.3) is 0 Å². The molecular formula is C34H30O5. The van der Waals surface area contributed by atoms with E-state index in [1.165, 1.54) is 0 Å². The molecule has 0 aliphatic heterocycles. The van der Waals surface area contributed by atoms with E-state index in [9.17, 15) is 4.79 Å². The average molecular weight is 519 g/mol. The van der Waals surface area contributed by atoms with Crippen LogP contribution in [-0.2, 0) is 17.3 Å². The van der Waals surface area contributed by atoms with Crippen molar-refractivity contribution < 1.29 is 22.5 Å². The molecule has 0 N–H and O–H groups in total. The highest BCUT2D eigenvalue weighted by Gasteiger charge is 2.53. The normalized spacial score (nSPS) is 18.9. The maximum atomic E-state index is 13.4. The number of carbonyl (C=O) groups is 1. The zero-order valence-corrected chi connectivity index (χ0v) is 22.8. The number of fused-ring (bicyclic) bond motifs is 2. The summed E-state index contributed by atoms with van der Waals surface area (Å²) >= 11 is 0. The Morgan fingerprint density at radius 3 is 1.36 bits per heavy atom. The summed E-state index contributed by atoms with van der Waals surface area (Å²) in [6, 6.07) is 20.2. The number of rotatable bonds is 4. The Morgan fingerprint density at radius 1 is 0.615 bits per heavy atom. The Kier molecular flexibility index (Phi) is 4.97. The minimum atomic E-state index is -0.897. The van der Waals surface area contributed by atoms with Crippen molar-refractivity contribution in [3.05, 3.63) is 141 Å². The molecule has 1 atom stereocenters. The summed E-state index contributed by atoms with van der Waals surface area (Å²) < 4.78 is 25.5. The number of aryl methyl sites for hydroxylation is 4. The lowest BCUT2D eigenvalue weighted by molar-refractivity contribution is 0.0946. The molecule has 196 valence electrons. The fourth-order valence-corrected chi connectivity index (χ4v) is 6.50. The van der Waals surface area contributed by atoms with Gasteiger partial charge in [-0.1, -0.05) is 25.1 Å². The van der Waals surface area contributed by atoms with E-state index in [1.54, 1.807) is 0 Å². The first-order valence-corrected chi connectivity index (χ1v) is 13.4. The molecule has 0 bridgehead atoms. The second-order valence-electron chi connectivity index (χ2n) is 11.1. The molecule has 2 aliphatic carbocycles. The molecule has 5 heteroatoms. The number of allylic oxidation sites excluding steroid dienone is 2. The standard InChI is InChI=1S/C34H30O5/c1-19-16-24-17-26-27(18-25(24)32(19)35)34(30-12-8-22(4)38-30,31-13-9-23(5)39-31)15-14-33(26,28-10-6-20(2)36-28)29-11-7-21(3)37-29/h6-15,17-19H,16H2,1-5H3. The van der Waals surface area contributed by atoms with Crippen molar-refractivity contribution in [3.8, 4) is 0 Å². The summed E-state index contributed by atoms with van der Waals surface area (Å²) in [6.07, 6.45) is 4.99. The summed E-state index contributed by atoms with van der Waals surface area (Å²) in [4.78, 5) is 13.4. The Morgan fingerprint density at radius 2 is 1.00 bits per heavy atom. The van der Waals surface area contributed by atoms with Crippen LogP contribution in [-0.4, -0.2) is 5.78 Å². The van der Waals surface area contributed by atoms with Crippen LogP contribution < -0.4 is 0 Å². The first-order chi connectivity index (χ1) is 18.7. The second-order valence-corrected chi connectivity index (χ2v) is 11.1. The van der Waals surface area contributed by atoms with Gasteiger partial charge in [-0.15, -0.1) is 0 Å². The average Bonchev–Trinajstić information content (AvgIpc) is 3.74. The summed E-state index contributed by atoms with van der Waals surface area (Å²) in [6.45, 7) is 9.77. The predicted molar refractivity (Wildman–Crippen MR) is 146 cm³/mol. The highest BCUT2D eigenvalue weighted by atomic mass is 16.4. The van der Waals surface area contributed by atoms with Gasteiger partial charge >= 0.3 is 0 Å². The van der Waals surface area contributed by atoms with Crippen LogP contribution in [0.3, 0.4) is 0 Å². The molecule has 0 saturated carbocycles. The van der Waals surface area contributed by atoms with Crippen molar-refractivity contribution in [1.29, 1.82) is 0 Å². The maximum absolute atomic E-state index is 13.4. The number of benzene rings is 1. The van der Waals surface area contributed by atoms with Gasteiger partial charge in [0, 0.05) is 11.5 Å². The molecule has 0 radical (unpaired) electrons. The highest BCUT2D eigenvalue weighted by Crippen LogP contribution is 2.55. The lowest BCUT2D eigenvalue weighted by Gasteiger charge is -2.40. The first kappa shape index (κ1) is 23.8. The van der Waals surface area contributed by atoms with Crippen LogP contribution in [0.1, 0.15) is 80.1 Å². The third kappa shape index (κ3) is 3.22. The highest BCUT2D eigenvalue weighted by molar-refractivity contribution is 6.02. The summed E-state index contributed by atoms with van der Waals surface area (Å²) in [7, 11) is 0. The lowest BCUT2D eigenvalue weighted by atomic mass is 9.61. The fourth-order valence-electron chi connectivity index (χ4n) is 6.50.